The fourth-order valence-electron chi connectivity index (χ4n) is 1.71. The molecule has 0 aromatic heterocycles. The lowest BCUT2D eigenvalue weighted by Gasteiger charge is -2.16. The average Bonchev–Trinajstić information content (AvgIpc) is 2.46. The first-order chi connectivity index (χ1) is 10.0. The molecule has 0 aliphatic rings. The van der Waals surface area contributed by atoms with Gasteiger partial charge in [0.1, 0.15) is 0 Å². The second kappa shape index (κ2) is 9.23. The van der Waals surface area contributed by atoms with Crippen molar-refractivity contribution in [1.82, 2.24) is 5.32 Å². The SMILES string of the molecule is COc1ccccc1O[C@H](C)C(=O)NCCCOC(C)C. The molecule has 118 valence electrons. The third kappa shape index (κ3) is 6.49. The Hall–Kier alpha value is -1.75. The van der Waals surface area contributed by atoms with Gasteiger partial charge in [-0.2, -0.15) is 0 Å². The quantitative estimate of drug-likeness (QED) is 0.711. The maximum absolute atomic E-state index is 11.9. The fourth-order valence-corrected chi connectivity index (χ4v) is 1.71. The van der Waals surface area contributed by atoms with Crippen molar-refractivity contribution in [1.29, 1.82) is 0 Å². The summed E-state index contributed by atoms with van der Waals surface area (Å²) in [4.78, 5) is 11.9. The molecule has 1 rings (SSSR count). The first-order valence-electron chi connectivity index (χ1n) is 7.23. The van der Waals surface area contributed by atoms with Crippen molar-refractivity contribution < 1.29 is 19.0 Å². The number of nitrogens with one attached hydrogen (secondary N) is 1. The molecule has 1 atom stereocenters. The Bertz CT molecular complexity index is 434. The zero-order chi connectivity index (χ0) is 15.7. The number of ether oxygens (including phenoxy) is 3. The number of benzene rings is 1. The van der Waals surface area contributed by atoms with Gasteiger partial charge in [0.2, 0.25) is 0 Å². The van der Waals surface area contributed by atoms with Gasteiger partial charge in [0.25, 0.3) is 5.91 Å². The van der Waals surface area contributed by atoms with E-state index in [-0.39, 0.29) is 12.0 Å². The molecule has 21 heavy (non-hydrogen) atoms. The molecule has 0 unspecified atom stereocenters. The number of para-hydroxylation sites is 2. The second-order valence-electron chi connectivity index (χ2n) is 4.98. The number of hydrogen-bond donors (Lipinski definition) is 1. The average molecular weight is 295 g/mol. The summed E-state index contributed by atoms with van der Waals surface area (Å²) >= 11 is 0. The molecule has 1 aromatic carbocycles. The Morgan fingerprint density at radius 2 is 1.86 bits per heavy atom. The van der Waals surface area contributed by atoms with E-state index in [2.05, 4.69) is 5.32 Å². The number of carbonyl (C=O) groups is 1. The number of rotatable bonds is 9. The topological polar surface area (TPSA) is 56.8 Å². The third-order valence-corrected chi connectivity index (χ3v) is 2.81. The summed E-state index contributed by atoms with van der Waals surface area (Å²) in [5, 5.41) is 2.83. The molecule has 1 aromatic rings. The molecule has 1 N–H and O–H groups in total. The molecule has 0 heterocycles. The van der Waals surface area contributed by atoms with Crippen molar-refractivity contribution >= 4 is 5.91 Å². The van der Waals surface area contributed by atoms with E-state index in [0.29, 0.717) is 24.7 Å². The van der Waals surface area contributed by atoms with Gasteiger partial charge in [0.05, 0.1) is 13.2 Å². The number of hydrogen-bond acceptors (Lipinski definition) is 4. The van der Waals surface area contributed by atoms with Crippen molar-refractivity contribution in [2.24, 2.45) is 0 Å². The zero-order valence-corrected chi connectivity index (χ0v) is 13.2. The summed E-state index contributed by atoms with van der Waals surface area (Å²) in [5.41, 5.74) is 0. The van der Waals surface area contributed by atoms with E-state index in [1.807, 2.05) is 26.0 Å². The van der Waals surface area contributed by atoms with Crippen LogP contribution in [0.1, 0.15) is 27.2 Å². The van der Waals surface area contributed by atoms with Crippen molar-refractivity contribution in [3.63, 3.8) is 0 Å². The van der Waals surface area contributed by atoms with Crippen molar-refractivity contribution in [2.75, 3.05) is 20.3 Å². The molecular formula is C16H25NO4. The summed E-state index contributed by atoms with van der Waals surface area (Å²) in [7, 11) is 1.57. The van der Waals surface area contributed by atoms with Gasteiger partial charge >= 0.3 is 0 Å². The molecule has 0 saturated heterocycles. The smallest absolute Gasteiger partial charge is 0.260 e. The minimum absolute atomic E-state index is 0.148. The number of methoxy groups -OCH3 is 1. The third-order valence-electron chi connectivity index (χ3n) is 2.81. The van der Waals surface area contributed by atoms with Crippen LogP contribution in [-0.4, -0.2) is 38.4 Å². The van der Waals surface area contributed by atoms with Crippen molar-refractivity contribution in [3.05, 3.63) is 24.3 Å². The molecule has 0 fully saturated rings. The largest absolute Gasteiger partial charge is 0.493 e. The molecule has 5 nitrogen and oxygen atoms in total. The second-order valence-corrected chi connectivity index (χ2v) is 4.98. The zero-order valence-electron chi connectivity index (χ0n) is 13.2. The minimum atomic E-state index is -0.577. The van der Waals surface area contributed by atoms with Crippen LogP contribution in [0, 0.1) is 0 Å². The van der Waals surface area contributed by atoms with Gasteiger partial charge in [-0.05, 0) is 39.3 Å². The summed E-state index contributed by atoms with van der Waals surface area (Å²) in [6, 6.07) is 7.26. The first kappa shape index (κ1) is 17.3. The molecular weight excluding hydrogens is 270 g/mol. The highest BCUT2D eigenvalue weighted by atomic mass is 16.5. The normalized spacial score (nSPS) is 12.0. The van der Waals surface area contributed by atoms with Crippen LogP contribution in [0.3, 0.4) is 0 Å². The molecule has 0 aliphatic heterocycles. The fraction of sp³-hybridized carbons (Fsp3) is 0.562. The maximum Gasteiger partial charge on any atom is 0.260 e. The molecule has 5 heteroatoms. The predicted molar refractivity (Wildman–Crippen MR) is 81.8 cm³/mol. The van der Waals surface area contributed by atoms with E-state index in [4.69, 9.17) is 14.2 Å². The van der Waals surface area contributed by atoms with Crippen LogP contribution in [-0.2, 0) is 9.53 Å². The van der Waals surface area contributed by atoms with Crippen LogP contribution in [0.5, 0.6) is 11.5 Å². The van der Waals surface area contributed by atoms with Gasteiger partial charge < -0.3 is 19.5 Å². The Morgan fingerprint density at radius 3 is 2.48 bits per heavy atom. The van der Waals surface area contributed by atoms with Gasteiger partial charge in [-0.25, -0.2) is 0 Å². The Morgan fingerprint density at radius 1 is 1.19 bits per heavy atom. The predicted octanol–water partition coefficient (Wildman–Crippen LogP) is 2.39. The minimum Gasteiger partial charge on any atom is -0.493 e. The molecule has 0 spiro atoms. The lowest BCUT2D eigenvalue weighted by molar-refractivity contribution is -0.127. The molecule has 0 radical (unpaired) electrons. The molecule has 0 aliphatic carbocycles. The first-order valence-corrected chi connectivity index (χ1v) is 7.23. The van der Waals surface area contributed by atoms with E-state index in [1.54, 1.807) is 26.2 Å². The summed E-state index contributed by atoms with van der Waals surface area (Å²) in [6.45, 7) is 6.90. The lowest BCUT2D eigenvalue weighted by atomic mass is 10.3. The maximum atomic E-state index is 11.9. The highest BCUT2D eigenvalue weighted by Gasteiger charge is 2.15. The van der Waals surface area contributed by atoms with Crippen LogP contribution in [0.15, 0.2) is 24.3 Å². The standard InChI is InChI=1S/C16H25NO4/c1-12(2)20-11-7-10-17-16(18)13(3)21-15-9-6-5-8-14(15)19-4/h5-6,8-9,12-13H,7,10-11H2,1-4H3,(H,17,18)/t13-/m1/s1. The number of carbonyl (C=O) groups excluding carboxylic acids is 1. The number of amides is 1. The van der Waals surface area contributed by atoms with Crippen LogP contribution < -0.4 is 14.8 Å². The van der Waals surface area contributed by atoms with Gasteiger partial charge in [-0.3, -0.25) is 4.79 Å². The van der Waals surface area contributed by atoms with Gasteiger partial charge in [0.15, 0.2) is 17.6 Å². The Balaban J connectivity index is 2.34. The van der Waals surface area contributed by atoms with Crippen molar-refractivity contribution in [2.45, 2.75) is 39.4 Å². The van der Waals surface area contributed by atoms with Gasteiger partial charge in [-0.1, -0.05) is 12.1 Å². The van der Waals surface area contributed by atoms with E-state index in [9.17, 15) is 4.79 Å². The highest BCUT2D eigenvalue weighted by Crippen LogP contribution is 2.26. The van der Waals surface area contributed by atoms with E-state index >= 15 is 0 Å². The van der Waals surface area contributed by atoms with Crippen LogP contribution in [0.2, 0.25) is 0 Å². The molecule has 1 amide bonds. The van der Waals surface area contributed by atoms with E-state index in [0.717, 1.165) is 6.42 Å². The van der Waals surface area contributed by atoms with Crippen LogP contribution in [0.25, 0.3) is 0 Å². The van der Waals surface area contributed by atoms with Crippen LogP contribution >= 0.6 is 0 Å². The highest BCUT2D eigenvalue weighted by molar-refractivity contribution is 5.80. The van der Waals surface area contributed by atoms with Crippen LogP contribution in [0.4, 0.5) is 0 Å². The lowest BCUT2D eigenvalue weighted by Crippen LogP contribution is -2.37. The van der Waals surface area contributed by atoms with Crippen molar-refractivity contribution in [3.8, 4) is 11.5 Å². The van der Waals surface area contributed by atoms with E-state index in [1.165, 1.54) is 0 Å². The Kier molecular flexibility index (Phi) is 7.61. The van der Waals surface area contributed by atoms with Gasteiger partial charge in [0, 0.05) is 13.2 Å². The summed E-state index contributed by atoms with van der Waals surface area (Å²) in [6.07, 6.45) is 0.423. The van der Waals surface area contributed by atoms with E-state index < -0.39 is 6.10 Å². The molecule has 0 saturated carbocycles. The molecule has 0 bridgehead atoms. The monoisotopic (exact) mass is 295 g/mol. The van der Waals surface area contributed by atoms with Gasteiger partial charge in [-0.15, -0.1) is 0 Å². The summed E-state index contributed by atoms with van der Waals surface area (Å²) in [5.74, 6) is 1.03. The Labute approximate surface area is 126 Å². The summed E-state index contributed by atoms with van der Waals surface area (Å²) < 4.78 is 16.2.